The van der Waals surface area contributed by atoms with Gasteiger partial charge in [0.1, 0.15) is 12.1 Å². The molecule has 4 nitrogen and oxygen atoms in total. The zero-order valence-corrected chi connectivity index (χ0v) is 10.1. The van der Waals surface area contributed by atoms with Crippen molar-refractivity contribution in [2.75, 3.05) is 18.0 Å². The molecule has 0 saturated carbocycles. The van der Waals surface area contributed by atoms with Gasteiger partial charge in [-0.05, 0) is 26.7 Å². The summed E-state index contributed by atoms with van der Waals surface area (Å²) in [5, 5.41) is 0. The van der Waals surface area contributed by atoms with Crippen molar-refractivity contribution in [2.45, 2.75) is 26.7 Å². The van der Waals surface area contributed by atoms with Gasteiger partial charge in [-0.1, -0.05) is 0 Å². The molecule has 1 fully saturated rings. The molecule has 1 aliphatic heterocycles. The second kappa shape index (κ2) is 4.77. The molecule has 92 valence electrons. The van der Waals surface area contributed by atoms with Crippen molar-refractivity contribution in [3.8, 4) is 0 Å². The summed E-state index contributed by atoms with van der Waals surface area (Å²) in [4.78, 5) is 21.0. The summed E-state index contributed by atoms with van der Waals surface area (Å²) < 4.78 is 13.9. The Labute approximate surface area is 99.9 Å². The maximum atomic E-state index is 13.9. The second-order valence-electron chi connectivity index (χ2n) is 4.49. The molecule has 0 amide bonds. The molecule has 0 bridgehead atoms. The number of aromatic nitrogens is 2. The molecular formula is C12H16FN3O. The third kappa shape index (κ3) is 2.43. The number of carbonyl (C=O) groups excluding carboxylic acids is 1. The van der Waals surface area contributed by atoms with Gasteiger partial charge in [0.25, 0.3) is 0 Å². The van der Waals surface area contributed by atoms with E-state index in [1.807, 2.05) is 4.90 Å². The Morgan fingerprint density at radius 1 is 1.53 bits per heavy atom. The van der Waals surface area contributed by atoms with E-state index in [0.717, 1.165) is 19.4 Å². The van der Waals surface area contributed by atoms with Gasteiger partial charge >= 0.3 is 0 Å². The van der Waals surface area contributed by atoms with E-state index < -0.39 is 0 Å². The monoisotopic (exact) mass is 237 g/mol. The van der Waals surface area contributed by atoms with Crippen LogP contribution in [0.3, 0.4) is 0 Å². The number of piperidine rings is 1. The first-order valence-corrected chi connectivity index (χ1v) is 5.82. The zero-order valence-electron chi connectivity index (χ0n) is 10.1. The van der Waals surface area contributed by atoms with Gasteiger partial charge in [-0.2, -0.15) is 0 Å². The van der Waals surface area contributed by atoms with Crippen LogP contribution in [0.2, 0.25) is 0 Å². The number of hydrogen-bond donors (Lipinski definition) is 0. The van der Waals surface area contributed by atoms with Crippen LogP contribution in [0.4, 0.5) is 10.2 Å². The first-order chi connectivity index (χ1) is 8.09. The van der Waals surface area contributed by atoms with Crippen LogP contribution in [0, 0.1) is 18.7 Å². The highest BCUT2D eigenvalue weighted by Crippen LogP contribution is 2.24. The lowest BCUT2D eigenvalue weighted by molar-refractivity contribution is -0.120. The summed E-state index contributed by atoms with van der Waals surface area (Å²) in [6, 6.07) is 0. The number of carbonyl (C=O) groups is 1. The van der Waals surface area contributed by atoms with Crippen molar-refractivity contribution >= 4 is 11.6 Å². The summed E-state index contributed by atoms with van der Waals surface area (Å²) in [6.45, 7) is 4.52. The number of hydrogen-bond acceptors (Lipinski definition) is 4. The molecule has 0 radical (unpaired) electrons. The van der Waals surface area contributed by atoms with E-state index in [9.17, 15) is 9.18 Å². The fourth-order valence-corrected chi connectivity index (χ4v) is 2.17. The molecule has 0 spiro atoms. The number of rotatable bonds is 2. The molecule has 0 aliphatic carbocycles. The number of nitrogens with zero attached hydrogens (tertiary/aromatic N) is 3. The Balaban J connectivity index is 2.22. The van der Waals surface area contributed by atoms with Gasteiger partial charge in [0.05, 0.1) is 5.69 Å². The Hall–Kier alpha value is -1.52. The fraction of sp³-hybridized carbons (Fsp3) is 0.583. The van der Waals surface area contributed by atoms with Gasteiger partial charge in [-0.15, -0.1) is 0 Å². The van der Waals surface area contributed by atoms with E-state index in [1.165, 1.54) is 6.33 Å². The molecule has 1 aromatic heterocycles. The lowest BCUT2D eigenvalue weighted by Gasteiger charge is -2.32. The highest BCUT2D eigenvalue weighted by Gasteiger charge is 2.26. The van der Waals surface area contributed by atoms with Crippen LogP contribution in [0.15, 0.2) is 6.33 Å². The molecule has 0 aromatic carbocycles. The third-order valence-electron chi connectivity index (χ3n) is 3.24. The summed E-state index contributed by atoms with van der Waals surface area (Å²) in [6.07, 6.45) is 3.15. The largest absolute Gasteiger partial charge is 0.353 e. The number of ketones is 1. The molecule has 2 rings (SSSR count). The van der Waals surface area contributed by atoms with E-state index in [2.05, 4.69) is 9.97 Å². The highest BCUT2D eigenvalue weighted by molar-refractivity contribution is 5.79. The summed E-state index contributed by atoms with van der Waals surface area (Å²) in [7, 11) is 0. The van der Waals surface area contributed by atoms with E-state index in [0.29, 0.717) is 18.1 Å². The minimum atomic E-state index is -0.378. The van der Waals surface area contributed by atoms with Crippen LogP contribution >= 0.6 is 0 Å². The molecular weight excluding hydrogens is 221 g/mol. The van der Waals surface area contributed by atoms with Gasteiger partial charge < -0.3 is 4.90 Å². The minimum Gasteiger partial charge on any atom is -0.353 e. The van der Waals surface area contributed by atoms with Gasteiger partial charge in [-0.25, -0.2) is 14.4 Å². The lowest BCUT2D eigenvalue weighted by atomic mass is 9.94. The third-order valence-corrected chi connectivity index (χ3v) is 3.24. The maximum Gasteiger partial charge on any atom is 0.186 e. The topological polar surface area (TPSA) is 46.1 Å². The predicted octanol–water partition coefficient (Wildman–Crippen LogP) is 1.73. The van der Waals surface area contributed by atoms with Crippen LogP contribution in [0.1, 0.15) is 25.5 Å². The number of Topliss-reactive ketones (excluding diaryl/α,β-unsaturated/α-hetero) is 1. The summed E-state index contributed by atoms with van der Waals surface area (Å²) >= 11 is 0. The van der Waals surface area contributed by atoms with Crippen molar-refractivity contribution in [3.05, 3.63) is 17.8 Å². The van der Waals surface area contributed by atoms with Crippen LogP contribution in [0.5, 0.6) is 0 Å². The average molecular weight is 237 g/mol. The van der Waals surface area contributed by atoms with Crippen LogP contribution in [0.25, 0.3) is 0 Å². The normalized spacial score (nSPS) is 20.4. The van der Waals surface area contributed by atoms with Crippen LogP contribution in [-0.4, -0.2) is 28.8 Å². The first-order valence-electron chi connectivity index (χ1n) is 5.82. The average Bonchev–Trinajstić information content (AvgIpc) is 2.33. The van der Waals surface area contributed by atoms with Gasteiger partial charge in [0.15, 0.2) is 11.6 Å². The molecule has 0 N–H and O–H groups in total. The summed E-state index contributed by atoms with van der Waals surface area (Å²) in [5.74, 6) is 0.111. The molecule has 2 heterocycles. The van der Waals surface area contributed by atoms with Crippen molar-refractivity contribution < 1.29 is 9.18 Å². The van der Waals surface area contributed by atoms with E-state index in [1.54, 1.807) is 13.8 Å². The Morgan fingerprint density at radius 3 is 3.00 bits per heavy atom. The van der Waals surface area contributed by atoms with Gasteiger partial charge in [0, 0.05) is 19.0 Å². The Kier molecular flexibility index (Phi) is 3.36. The molecule has 1 aromatic rings. The van der Waals surface area contributed by atoms with E-state index in [4.69, 9.17) is 0 Å². The van der Waals surface area contributed by atoms with E-state index >= 15 is 0 Å². The molecule has 1 aliphatic rings. The number of halogens is 1. The summed E-state index contributed by atoms with van der Waals surface area (Å²) in [5.41, 5.74) is 0.347. The minimum absolute atomic E-state index is 0.00146. The van der Waals surface area contributed by atoms with Gasteiger partial charge in [0.2, 0.25) is 0 Å². The SMILES string of the molecule is CC(=O)C1CCCN(c2ncnc(C)c2F)C1. The van der Waals surface area contributed by atoms with E-state index in [-0.39, 0.29) is 17.5 Å². The Morgan fingerprint density at radius 2 is 2.29 bits per heavy atom. The molecule has 17 heavy (non-hydrogen) atoms. The van der Waals surface area contributed by atoms with Crippen molar-refractivity contribution in [3.63, 3.8) is 0 Å². The van der Waals surface area contributed by atoms with Crippen LogP contribution in [-0.2, 0) is 4.79 Å². The highest BCUT2D eigenvalue weighted by atomic mass is 19.1. The number of anilines is 1. The predicted molar refractivity (Wildman–Crippen MR) is 62.3 cm³/mol. The lowest BCUT2D eigenvalue weighted by Crippen LogP contribution is -2.39. The number of aryl methyl sites for hydroxylation is 1. The smallest absolute Gasteiger partial charge is 0.186 e. The van der Waals surface area contributed by atoms with Crippen molar-refractivity contribution in [1.29, 1.82) is 0 Å². The fourth-order valence-electron chi connectivity index (χ4n) is 2.17. The molecule has 5 heteroatoms. The Bertz CT molecular complexity index is 436. The molecule has 1 saturated heterocycles. The molecule has 1 atom stereocenters. The van der Waals surface area contributed by atoms with Gasteiger partial charge in [-0.3, -0.25) is 4.79 Å². The quantitative estimate of drug-likeness (QED) is 0.786. The molecule has 1 unspecified atom stereocenters. The van der Waals surface area contributed by atoms with Crippen molar-refractivity contribution in [1.82, 2.24) is 9.97 Å². The standard InChI is InChI=1S/C12H16FN3O/c1-8-11(13)12(15-7-14-8)16-5-3-4-10(6-16)9(2)17/h7,10H,3-6H2,1-2H3. The second-order valence-corrected chi connectivity index (χ2v) is 4.49. The zero-order chi connectivity index (χ0) is 12.4. The first kappa shape index (κ1) is 12.0. The van der Waals surface area contributed by atoms with Crippen LogP contribution < -0.4 is 4.90 Å². The van der Waals surface area contributed by atoms with Crippen molar-refractivity contribution in [2.24, 2.45) is 5.92 Å². The maximum absolute atomic E-state index is 13.9.